The van der Waals surface area contributed by atoms with Crippen molar-refractivity contribution in [3.63, 3.8) is 0 Å². The zero-order valence-electron chi connectivity index (χ0n) is 18.6. The number of carbonyl (C=O) groups excluding carboxylic acids is 1. The van der Waals surface area contributed by atoms with E-state index in [0.717, 1.165) is 12.0 Å². The molecule has 4 rings (SSSR count). The van der Waals surface area contributed by atoms with Gasteiger partial charge in [-0.1, -0.05) is 26.8 Å². The molecule has 0 radical (unpaired) electrons. The van der Waals surface area contributed by atoms with E-state index in [9.17, 15) is 13.6 Å². The van der Waals surface area contributed by atoms with Crippen molar-refractivity contribution in [2.75, 3.05) is 13.2 Å². The maximum atomic E-state index is 14.3. The topological polar surface area (TPSA) is 84.3 Å². The van der Waals surface area contributed by atoms with Gasteiger partial charge in [0.2, 0.25) is 5.91 Å². The van der Waals surface area contributed by atoms with Crippen LogP contribution < -0.4 is 5.32 Å². The first-order valence-electron chi connectivity index (χ1n) is 11.2. The van der Waals surface area contributed by atoms with Crippen LogP contribution in [-0.4, -0.2) is 40.5 Å². The molecule has 2 aromatic rings. The van der Waals surface area contributed by atoms with Crippen LogP contribution in [-0.2, 0) is 15.1 Å². The van der Waals surface area contributed by atoms with Gasteiger partial charge in [-0.2, -0.15) is 5.10 Å². The Morgan fingerprint density at radius 2 is 2.03 bits per heavy atom. The minimum atomic E-state index is -0.804. The Morgan fingerprint density at radius 1 is 1.31 bits per heavy atom. The number of aromatic nitrogens is 2. The fourth-order valence-electron chi connectivity index (χ4n) is 5.37. The lowest BCUT2D eigenvalue weighted by Gasteiger charge is -2.40. The number of halogens is 2. The standard InChI is InChI=1S/C24H29F2N3O3/c1-4-19(22(31)27-11-6-12-30)32-24-10-9-15(23(24,2)3)14-13-18(28-29-21(14)24)20-16(25)7-5-8-17(20)26/h5,7-8,13,15,19,30H,4,6,9-12H2,1-3H3,(H,27,31)/t15-,19?,24-/m0/s1. The number of hydrogen-bond donors (Lipinski definition) is 2. The molecule has 1 unspecified atom stereocenters. The Balaban J connectivity index is 1.70. The molecule has 3 atom stereocenters. The molecular formula is C24H29F2N3O3. The number of nitrogens with one attached hydrogen (secondary N) is 1. The number of amides is 1. The number of fused-ring (bicyclic) bond motifs is 5. The van der Waals surface area contributed by atoms with Gasteiger partial charge in [-0.05, 0) is 55.4 Å². The summed E-state index contributed by atoms with van der Waals surface area (Å²) in [5, 5.41) is 20.4. The van der Waals surface area contributed by atoms with Crippen molar-refractivity contribution < 1.29 is 23.4 Å². The van der Waals surface area contributed by atoms with E-state index in [-0.39, 0.29) is 35.1 Å². The molecular weight excluding hydrogens is 416 g/mol. The molecule has 1 aromatic carbocycles. The predicted molar refractivity (Wildman–Crippen MR) is 115 cm³/mol. The maximum absolute atomic E-state index is 14.3. The van der Waals surface area contributed by atoms with Crippen molar-refractivity contribution in [3.8, 4) is 11.3 Å². The average Bonchev–Trinajstić information content (AvgIpc) is 3.12. The molecule has 1 fully saturated rings. The van der Waals surface area contributed by atoms with Crippen molar-refractivity contribution in [2.45, 2.75) is 64.1 Å². The molecule has 2 N–H and O–H groups in total. The van der Waals surface area contributed by atoms with Gasteiger partial charge in [0.1, 0.15) is 23.3 Å². The summed E-state index contributed by atoms with van der Waals surface area (Å²) in [6, 6.07) is 5.45. The molecule has 0 aliphatic heterocycles. The SMILES string of the molecule is CCC(O[C@@]12CC[C@@H](c3cc(-c4c(F)cccc4F)nnc31)C2(C)C)C(=O)NCCCO. The van der Waals surface area contributed by atoms with Crippen LogP contribution in [0.5, 0.6) is 0 Å². The number of ether oxygens (including phenoxy) is 1. The van der Waals surface area contributed by atoms with Gasteiger partial charge >= 0.3 is 0 Å². The molecule has 8 heteroatoms. The van der Waals surface area contributed by atoms with Gasteiger partial charge in [0, 0.05) is 18.6 Å². The van der Waals surface area contributed by atoms with Gasteiger partial charge in [0.15, 0.2) is 0 Å². The quantitative estimate of drug-likeness (QED) is 0.604. The summed E-state index contributed by atoms with van der Waals surface area (Å²) in [6.45, 7) is 6.45. The van der Waals surface area contributed by atoms with E-state index >= 15 is 0 Å². The number of rotatable bonds is 8. The average molecular weight is 446 g/mol. The molecule has 1 saturated carbocycles. The Labute approximate surface area is 186 Å². The number of benzene rings is 1. The van der Waals surface area contributed by atoms with Crippen molar-refractivity contribution in [3.05, 3.63) is 47.2 Å². The van der Waals surface area contributed by atoms with Gasteiger partial charge < -0.3 is 15.2 Å². The van der Waals surface area contributed by atoms with E-state index in [2.05, 4.69) is 29.4 Å². The van der Waals surface area contributed by atoms with E-state index in [0.29, 0.717) is 31.5 Å². The van der Waals surface area contributed by atoms with Gasteiger partial charge in [-0.15, -0.1) is 5.10 Å². The van der Waals surface area contributed by atoms with Crippen LogP contribution in [0.2, 0.25) is 0 Å². The van der Waals surface area contributed by atoms with Crippen LogP contribution >= 0.6 is 0 Å². The number of aliphatic hydroxyl groups is 1. The normalized spacial score (nSPS) is 23.8. The Kier molecular flexibility index (Phi) is 6.02. The summed E-state index contributed by atoms with van der Waals surface area (Å²) in [6.07, 6.45) is 1.80. The fourth-order valence-corrected chi connectivity index (χ4v) is 5.37. The molecule has 2 aliphatic carbocycles. The lowest BCUT2D eigenvalue weighted by atomic mass is 9.77. The smallest absolute Gasteiger partial charge is 0.249 e. The molecule has 172 valence electrons. The number of nitrogens with zero attached hydrogens (tertiary/aromatic N) is 2. The summed E-state index contributed by atoms with van der Waals surface area (Å²) in [4.78, 5) is 12.7. The van der Waals surface area contributed by atoms with Gasteiger partial charge in [0.25, 0.3) is 0 Å². The van der Waals surface area contributed by atoms with Crippen LogP contribution in [0.15, 0.2) is 24.3 Å². The van der Waals surface area contributed by atoms with Gasteiger partial charge in [-0.25, -0.2) is 8.78 Å². The zero-order valence-corrected chi connectivity index (χ0v) is 18.6. The van der Waals surface area contributed by atoms with E-state index in [1.807, 2.05) is 6.92 Å². The Bertz CT molecular complexity index is 1010. The maximum Gasteiger partial charge on any atom is 0.249 e. The number of aliphatic hydroxyl groups excluding tert-OH is 1. The van der Waals surface area contributed by atoms with Crippen LogP contribution in [0.25, 0.3) is 11.3 Å². The minimum absolute atomic E-state index is 0.00444. The van der Waals surface area contributed by atoms with Crippen molar-refractivity contribution >= 4 is 5.91 Å². The van der Waals surface area contributed by atoms with Gasteiger partial charge in [-0.3, -0.25) is 4.79 Å². The monoisotopic (exact) mass is 445 g/mol. The lowest BCUT2D eigenvalue weighted by Crippen LogP contribution is -2.46. The molecule has 0 saturated heterocycles. The minimum Gasteiger partial charge on any atom is -0.396 e. The molecule has 0 spiro atoms. The fraction of sp³-hybridized carbons (Fsp3) is 0.542. The largest absolute Gasteiger partial charge is 0.396 e. The number of hydrogen-bond acceptors (Lipinski definition) is 5. The van der Waals surface area contributed by atoms with E-state index in [1.165, 1.54) is 18.2 Å². The Hall–Kier alpha value is -2.45. The van der Waals surface area contributed by atoms with Crippen LogP contribution in [0.4, 0.5) is 8.78 Å². The summed E-state index contributed by atoms with van der Waals surface area (Å²) in [5.41, 5.74) is 0.334. The molecule has 32 heavy (non-hydrogen) atoms. The molecule has 6 nitrogen and oxygen atoms in total. The van der Waals surface area contributed by atoms with Crippen molar-refractivity contribution in [1.82, 2.24) is 15.5 Å². The second kappa shape index (κ2) is 8.48. The summed E-state index contributed by atoms with van der Waals surface area (Å²) in [7, 11) is 0. The highest BCUT2D eigenvalue weighted by Gasteiger charge is 2.65. The molecule has 1 aromatic heterocycles. The molecule has 1 amide bonds. The predicted octanol–water partition coefficient (Wildman–Crippen LogP) is 3.83. The van der Waals surface area contributed by atoms with Crippen LogP contribution in [0, 0.1) is 17.0 Å². The van der Waals surface area contributed by atoms with E-state index in [4.69, 9.17) is 9.84 Å². The number of carbonyl (C=O) groups is 1. The highest BCUT2D eigenvalue weighted by molar-refractivity contribution is 5.80. The second-order valence-corrected chi connectivity index (χ2v) is 9.15. The molecule has 2 bridgehead atoms. The van der Waals surface area contributed by atoms with E-state index < -0.39 is 23.3 Å². The third-order valence-electron chi connectivity index (χ3n) is 7.14. The third-order valence-corrected chi connectivity index (χ3v) is 7.14. The first-order valence-corrected chi connectivity index (χ1v) is 11.2. The molecule has 2 aliphatic rings. The third kappa shape index (κ3) is 3.40. The first kappa shape index (κ1) is 22.7. The molecule has 1 heterocycles. The van der Waals surface area contributed by atoms with Crippen molar-refractivity contribution in [2.24, 2.45) is 5.41 Å². The van der Waals surface area contributed by atoms with Gasteiger partial charge in [0.05, 0.1) is 17.0 Å². The first-order chi connectivity index (χ1) is 15.3. The highest BCUT2D eigenvalue weighted by Crippen LogP contribution is 2.68. The lowest BCUT2D eigenvalue weighted by molar-refractivity contribution is -0.168. The van der Waals surface area contributed by atoms with E-state index in [1.54, 1.807) is 6.07 Å². The summed E-state index contributed by atoms with van der Waals surface area (Å²) >= 11 is 0. The summed E-state index contributed by atoms with van der Waals surface area (Å²) < 4.78 is 35.2. The second-order valence-electron chi connectivity index (χ2n) is 9.15. The van der Waals surface area contributed by atoms with Crippen molar-refractivity contribution in [1.29, 1.82) is 0 Å². The van der Waals surface area contributed by atoms with Crippen LogP contribution in [0.3, 0.4) is 0 Å². The zero-order chi connectivity index (χ0) is 23.1. The Morgan fingerprint density at radius 3 is 2.69 bits per heavy atom. The van der Waals surface area contributed by atoms with Crippen LogP contribution in [0.1, 0.15) is 63.6 Å². The summed E-state index contributed by atoms with van der Waals surface area (Å²) in [5.74, 6) is -1.51. The highest BCUT2D eigenvalue weighted by atomic mass is 19.1.